The van der Waals surface area contributed by atoms with Crippen LogP contribution in [0.2, 0.25) is 0 Å². The van der Waals surface area contributed by atoms with Crippen LogP contribution in [0.15, 0.2) is 29.1 Å². The number of H-pyrrole nitrogens is 1. The Labute approximate surface area is 105 Å². The van der Waals surface area contributed by atoms with Gasteiger partial charge in [-0.05, 0) is 36.1 Å². The third-order valence-electron chi connectivity index (χ3n) is 3.38. The van der Waals surface area contributed by atoms with Crippen molar-refractivity contribution in [1.29, 1.82) is 0 Å². The van der Waals surface area contributed by atoms with Crippen molar-refractivity contribution in [3.63, 3.8) is 0 Å². The normalized spacial score (nSPS) is 20.2. The van der Waals surface area contributed by atoms with Crippen LogP contribution in [-0.4, -0.2) is 24.7 Å². The van der Waals surface area contributed by atoms with Crippen LogP contribution in [0.1, 0.15) is 17.2 Å². The molecule has 1 atom stereocenters. The number of pyridine rings is 1. The van der Waals surface area contributed by atoms with Gasteiger partial charge in [0.2, 0.25) is 0 Å². The first-order valence-corrected chi connectivity index (χ1v) is 6.19. The summed E-state index contributed by atoms with van der Waals surface area (Å²) in [5.41, 5.74) is 2.81. The Hall–Kier alpha value is -1.65. The molecule has 0 spiro atoms. The highest BCUT2D eigenvalue weighted by Gasteiger charge is 2.15. The number of hydrogen-bond donors (Lipinski definition) is 2. The second-order valence-electron chi connectivity index (χ2n) is 4.71. The molecule has 2 N–H and O–H groups in total. The van der Waals surface area contributed by atoms with Gasteiger partial charge in [-0.2, -0.15) is 0 Å². The standard InChI is InChI=1S/C14H16N2O2/c1-9-6-11-7-10(13-8-18-5-4-15-13)2-3-12(11)16-14(9)17/h2-3,6-7,13,15H,4-5,8H2,1H3,(H,16,17). The number of aromatic amines is 1. The summed E-state index contributed by atoms with van der Waals surface area (Å²) in [6, 6.07) is 8.30. The maximum absolute atomic E-state index is 11.5. The number of morpholine rings is 1. The first kappa shape index (κ1) is 11.4. The molecule has 2 aromatic rings. The zero-order valence-corrected chi connectivity index (χ0v) is 10.3. The monoisotopic (exact) mass is 244 g/mol. The van der Waals surface area contributed by atoms with Gasteiger partial charge in [0.25, 0.3) is 5.56 Å². The van der Waals surface area contributed by atoms with E-state index >= 15 is 0 Å². The zero-order valence-electron chi connectivity index (χ0n) is 10.3. The van der Waals surface area contributed by atoms with E-state index in [1.54, 1.807) is 0 Å². The van der Waals surface area contributed by atoms with Crippen molar-refractivity contribution in [2.45, 2.75) is 13.0 Å². The van der Waals surface area contributed by atoms with Gasteiger partial charge in [0.1, 0.15) is 0 Å². The Morgan fingerprint density at radius 3 is 3.00 bits per heavy atom. The minimum atomic E-state index is -0.0191. The Morgan fingerprint density at radius 2 is 2.22 bits per heavy atom. The maximum atomic E-state index is 11.5. The molecule has 0 bridgehead atoms. The van der Waals surface area contributed by atoms with Crippen LogP contribution in [-0.2, 0) is 4.74 Å². The molecule has 1 aromatic carbocycles. The molecular formula is C14H16N2O2. The average Bonchev–Trinajstić information content (AvgIpc) is 2.41. The van der Waals surface area contributed by atoms with Gasteiger partial charge in [-0.1, -0.05) is 6.07 Å². The Kier molecular flexibility index (Phi) is 2.89. The largest absolute Gasteiger partial charge is 0.378 e. The minimum Gasteiger partial charge on any atom is -0.378 e. The van der Waals surface area contributed by atoms with E-state index < -0.39 is 0 Å². The molecule has 94 valence electrons. The number of aryl methyl sites for hydroxylation is 1. The van der Waals surface area contributed by atoms with Crippen molar-refractivity contribution >= 4 is 10.9 Å². The molecule has 1 aliphatic rings. The number of ether oxygens (including phenoxy) is 1. The van der Waals surface area contributed by atoms with Crippen LogP contribution < -0.4 is 10.9 Å². The summed E-state index contributed by atoms with van der Waals surface area (Å²) in [5.74, 6) is 0. The van der Waals surface area contributed by atoms with Gasteiger partial charge in [0.15, 0.2) is 0 Å². The highest BCUT2D eigenvalue weighted by Crippen LogP contribution is 2.20. The molecule has 0 saturated carbocycles. The van der Waals surface area contributed by atoms with Gasteiger partial charge < -0.3 is 15.0 Å². The van der Waals surface area contributed by atoms with Crippen molar-refractivity contribution in [1.82, 2.24) is 10.3 Å². The average molecular weight is 244 g/mol. The number of benzene rings is 1. The summed E-state index contributed by atoms with van der Waals surface area (Å²) in [4.78, 5) is 14.4. The molecule has 1 fully saturated rings. The van der Waals surface area contributed by atoms with E-state index in [9.17, 15) is 4.79 Å². The number of fused-ring (bicyclic) bond motifs is 1. The molecule has 1 aromatic heterocycles. The van der Waals surface area contributed by atoms with Gasteiger partial charge in [-0.15, -0.1) is 0 Å². The SMILES string of the molecule is Cc1cc2cc(C3COCCN3)ccc2[nH]c1=O. The quantitative estimate of drug-likeness (QED) is 0.799. The molecule has 1 unspecified atom stereocenters. The molecule has 2 heterocycles. The van der Waals surface area contributed by atoms with Crippen LogP contribution in [0, 0.1) is 6.92 Å². The molecule has 0 amide bonds. The van der Waals surface area contributed by atoms with E-state index in [0.29, 0.717) is 6.61 Å². The van der Waals surface area contributed by atoms with Crippen LogP contribution >= 0.6 is 0 Å². The third-order valence-corrected chi connectivity index (χ3v) is 3.38. The topological polar surface area (TPSA) is 54.1 Å². The molecule has 4 nitrogen and oxygen atoms in total. The number of aromatic nitrogens is 1. The van der Waals surface area contributed by atoms with Gasteiger partial charge in [0.05, 0.1) is 19.3 Å². The third kappa shape index (κ3) is 2.05. The van der Waals surface area contributed by atoms with Crippen LogP contribution in [0.3, 0.4) is 0 Å². The van der Waals surface area contributed by atoms with Gasteiger partial charge in [-0.25, -0.2) is 0 Å². The highest BCUT2D eigenvalue weighted by atomic mass is 16.5. The predicted molar refractivity (Wildman–Crippen MR) is 70.9 cm³/mol. The van der Waals surface area contributed by atoms with Crippen LogP contribution in [0.25, 0.3) is 10.9 Å². The first-order chi connectivity index (χ1) is 8.74. The summed E-state index contributed by atoms with van der Waals surface area (Å²) >= 11 is 0. The smallest absolute Gasteiger partial charge is 0.251 e. The molecule has 1 aliphatic heterocycles. The molecule has 18 heavy (non-hydrogen) atoms. The van der Waals surface area contributed by atoms with Crippen molar-refractivity contribution < 1.29 is 4.74 Å². The second kappa shape index (κ2) is 4.55. The molecule has 3 rings (SSSR count). The summed E-state index contributed by atoms with van der Waals surface area (Å²) in [6.07, 6.45) is 0. The number of hydrogen-bond acceptors (Lipinski definition) is 3. The Bertz CT molecular complexity index is 627. The van der Waals surface area contributed by atoms with Crippen molar-refractivity contribution in [3.8, 4) is 0 Å². The lowest BCUT2D eigenvalue weighted by molar-refractivity contribution is 0.0769. The molecule has 1 saturated heterocycles. The lowest BCUT2D eigenvalue weighted by Crippen LogP contribution is -2.34. The fourth-order valence-electron chi connectivity index (χ4n) is 2.33. The number of rotatable bonds is 1. The zero-order chi connectivity index (χ0) is 12.5. The van der Waals surface area contributed by atoms with Gasteiger partial charge >= 0.3 is 0 Å². The number of nitrogens with one attached hydrogen (secondary N) is 2. The van der Waals surface area contributed by atoms with E-state index in [1.807, 2.05) is 25.1 Å². The fraction of sp³-hybridized carbons (Fsp3) is 0.357. The van der Waals surface area contributed by atoms with Crippen LogP contribution in [0.4, 0.5) is 0 Å². The van der Waals surface area contributed by atoms with Crippen molar-refractivity contribution in [2.75, 3.05) is 19.8 Å². The lowest BCUT2D eigenvalue weighted by atomic mass is 10.0. The van der Waals surface area contributed by atoms with Crippen molar-refractivity contribution in [3.05, 3.63) is 45.7 Å². The second-order valence-corrected chi connectivity index (χ2v) is 4.71. The predicted octanol–water partition coefficient (Wildman–Crippen LogP) is 1.50. The Morgan fingerprint density at radius 1 is 1.33 bits per heavy atom. The summed E-state index contributed by atoms with van der Waals surface area (Å²) in [6.45, 7) is 4.19. The van der Waals surface area contributed by atoms with Gasteiger partial charge in [-0.3, -0.25) is 4.79 Å². The highest BCUT2D eigenvalue weighted by molar-refractivity contribution is 5.79. The van der Waals surface area contributed by atoms with E-state index in [0.717, 1.165) is 29.6 Å². The molecular weight excluding hydrogens is 228 g/mol. The summed E-state index contributed by atoms with van der Waals surface area (Å²) in [7, 11) is 0. The first-order valence-electron chi connectivity index (χ1n) is 6.19. The van der Waals surface area contributed by atoms with Crippen LogP contribution in [0.5, 0.6) is 0 Å². The summed E-state index contributed by atoms with van der Waals surface area (Å²) < 4.78 is 5.47. The van der Waals surface area contributed by atoms with E-state index in [-0.39, 0.29) is 11.6 Å². The van der Waals surface area contributed by atoms with Crippen molar-refractivity contribution in [2.24, 2.45) is 0 Å². The minimum absolute atomic E-state index is 0.0191. The summed E-state index contributed by atoms with van der Waals surface area (Å²) in [5, 5.41) is 4.50. The maximum Gasteiger partial charge on any atom is 0.251 e. The molecule has 0 aliphatic carbocycles. The lowest BCUT2D eigenvalue weighted by Gasteiger charge is -2.24. The molecule has 4 heteroatoms. The molecule has 0 radical (unpaired) electrons. The van der Waals surface area contributed by atoms with E-state index in [2.05, 4.69) is 16.4 Å². The van der Waals surface area contributed by atoms with E-state index in [1.165, 1.54) is 5.56 Å². The Balaban J connectivity index is 2.04. The van der Waals surface area contributed by atoms with E-state index in [4.69, 9.17) is 4.74 Å². The van der Waals surface area contributed by atoms with Gasteiger partial charge in [0, 0.05) is 17.6 Å². The fourth-order valence-corrected chi connectivity index (χ4v) is 2.33.